The standard InChI is InChI=1S/C19H16BrFN4O/c1-11-4-6-25(7-5-11)19-17-18(26-10-23-17)15(20)16(24-19)12-2-3-13(9-22)14(21)8-12/h2-3,8,10-11H,4-7H2,1H3. The zero-order valence-electron chi connectivity index (χ0n) is 14.2. The van der Waals surface area contributed by atoms with E-state index in [-0.39, 0.29) is 5.56 Å². The first-order chi connectivity index (χ1) is 12.6. The topological polar surface area (TPSA) is 66.0 Å². The fourth-order valence-corrected chi connectivity index (χ4v) is 3.86. The number of pyridine rings is 1. The lowest BCUT2D eigenvalue weighted by Gasteiger charge is -2.31. The molecule has 1 aliphatic heterocycles. The number of nitriles is 1. The number of rotatable bonds is 2. The molecule has 0 aliphatic carbocycles. The lowest BCUT2D eigenvalue weighted by Crippen LogP contribution is -2.33. The molecule has 1 aliphatic rings. The van der Waals surface area contributed by atoms with Gasteiger partial charge in [0, 0.05) is 18.7 Å². The molecule has 0 atom stereocenters. The van der Waals surface area contributed by atoms with Gasteiger partial charge in [-0.1, -0.05) is 13.0 Å². The zero-order chi connectivity index (χ0) is 18.3. The van der Waals surface area contributed by atoms with Gasteiger partial charge < -0.3 is 9.32 Å². The van der Waals surface area contributed by atoms with Crippen molar-refractivity contribution >= 4 is 32.8 Å². The molecule has 1 aromatic carbocycles. The first kappa shape index (κ1) is 17.0. The molecule has 0 saturated carbocycles. The predicted octanol–water partition coefficient (Wildman–Crippen LogP) is 4.90. The second-order valence-corrected chi connectivity index (χ2v) is 7.40. The van der Waals surface area contributed by atoms with Gasteiger partial charge >= 0.3 is 0 Å². The highest BCUT2D eigenvalue weighted by molar-refractivity contribution is 9.10. The van der Waals surface area contributed by atoms with Crippen molar-refractivity contribution in [3.63, 3.8) is 0 Å². The van der Waals surface area contributed by atoms with E-state index in [1.54, 1.807) is 6.07 Å². The molecule has 0 unspecified atom stereocenters. The van der Waals surface area contributed by atoms with Gasteiger partial charge in [-0.2, -0.15) is 5.26 Å². The summed E-state index contributed by atoms with van der Waals surface area (Å²) in [5.41, 5.74) is 2.46. The minimum atomic E-state index is -0.565. The molecule has 0 amide bonds. The molecule has 26 heavy (non-hydrogen) atoms. The summed E-state index contributed by atoms with van der Waals surface area (Å²) in [5.74, 6) is 0.884. The molecular weight excluding hydrogens is 399 g/mol. The third-order valence-corrected chi connectivity index (χ3v) is 5.59. The van der Waals surface area contributed by atoms with Crippen LogP contribution in [-0.4, -0.2) is 23.1 Å². The van der Waals surface area contributed by atoms with Gasteiger partial charge in [0.25, 0.3) is 0 Å². The molecular formula is C19H16BrFN4O. The van der Waals surface area contributed by atoms with Crippen LogP contribution in [0.2, 0.25) is 0 Å². The maximum atomic E-state index is 14.1. The summed E-state index contributed by atoms with van der Waals surface area (Å²) in [5, 5.41) is 8.94. The minimum absolute atomic E-state index is 0.0101. The zero-order valence-corrected chi connectivity index (χ0v) is 15.8. The second kappa shape index (κ2) is 6.69. The fraction of sp³-hybridized carbons (Fsp3) is 0.316. The van der Waals surface area contributed by atoms with Crippen LogP contribution < -0.4 is 4.90 Å². The summed E-state index contributed by atoms with van der Waals surface area (Å²) in [6.45, 7) is 4.06. The van der Waals surface area contributed by atoms with Crippen LogP contribution in [-0.2, 0) is 0 Å². The molecule has 132 valence electrons. The van der Waals surface area contributed by atoms with Crippen molar-refractivity contribution in [2.75, 3.05) is 18.0 Å². The Kier molecular flexibility index (Phi) is 4.37. The van der Waals surface area contributed by atoms with Gasteiger partial charge in [-0.25, -0.2) is 14.4 Å². The molecule has 0 spiro atoms. The normalized spacial score (nSPS) is 15.4. The van der Waals surface area contributed by atoms with E-state index < -0.39 is 5.82 Å². The molecule has 0 radical (unpaired) electrons. The summed E-state index contributed by atoms with van der Waals surface area (Å²) in [4.78, 5) is 11.3. The Balaban J connectivity index is 1.87. The number of nitrogens with zero attached hydrogens (tertiary/aromatic N) is 4. The summed E-state index contributed by atoms with van der Waals surface area (Å²) < 4.78 is 20.3. The van der Waals surface area contributed by atoms with Crippen molar-refractivity contribution in [2.45, 2.75) is 19.8 Å². The van der Waals surface area contributed by atoms with Crippen LogP contribution in [0.15, 0.2) is 33.5 Å². The largest absolute Gasteiger partial charge is 0.442 e. The first-order valence-corrected chi connectivity index (χ1v) is 9.25. The highest BCUT2D eigenvalue weighted by Crippen LogP contribution is 2.38. The monoisotopic (exact) mass is 414 g/mol. The molecule has 3 heterocycles. The molecule has 1 saturated heterocycles. The van der Waals surface area contributed by atoms with E-state index in [0.717, 1.165) is 31.7 Å². The number of halogens is 2. The Morgan fingerprint density at radius 1 is 1.35 bits per heavy atom. The van der Waals surface area contributed by atoms with Crippen LogP contribution in [0.1, 0.15) is 25.3 Å². The quantitative estimate of drug-likeness (QED) is 0.596. The molecule has 0 N–H and O–H groups in total. The number of hydrogen-bond acceptors (Lipinski definition) is 5. The number of anilines is 1. The van der Waals surface area contributed by atoms with E-state index >= 15 is 0 Å². The Morgan fingerprint density at radius 3 is 2.81 bits per heavy atom. The average Bonchev–Trinajstić information content (AvgIpc) is 3.13. The van der Waals surface area contributed by atoms with E-state index in [2.05, 4.69) is 32.7 Å². The molecule has 7 heteroatoms. The van der Waals surface area contributed by atoms with Crippen LogP contribution in [0.3, 0.4) is 0 Å². The third-order valence-electron chi connectivity index (χ3n) is 4.85. The number of hydrogen-bond donors (Lipinski definition) is 0. The van der Waals surface area contributed by atoms with Crippen LogP contribution in [0.25, 0.3) is 22.4 Å². The Labute approximate surface area is 158 Å². The molecule has 5 nitrogen and oxygen atoms in total. The van der Waals surface area contributed by atoms with Crippen molar-refractivity contribution in [1.29, 1.82) is 5.26 Å². The third kappa shape index (κ3) is 2.84. The number of benzene rings is 1. The fourth-order valence-electron chi connectivity index (χ4n) is 3.26. The molecule has 1 fully saturated rings. The number of aromatic nitrogens is 2. The smallest absolute Gasteiger partial charge is 0.182 e. The maximum Gasteiger partial charge on any atom is 0.182 e. The van der Waals surface area contributed by atoms with E-state index in [9.17, 15) is 4.39 Å². The van der Waals surface area contributed by atoms with E-state index in [4.69, 9.17) is 14.7 Å². The molecule has 2 aromatic heterocycles. The minimum Gasteiger partial charge on any atom is -0.442 e. The average molecular weight is 415 g/mol. The summed E-state index contributed by atoms with van der Waals surface area (Å²) in [6, 6.07) is 6.32. The van der Waals surface area contributed by atoms with Crippen molar-refractivity contribution in [2.24, 2.45) is 5.92 Å². The Bertz CT molecular complexity index is 1020. The van der Waals surface area contributed by atoms with Gasteiger partial charge in [0.05, 0.1) is 15.7 Å². The lowest BCUT2D eigenvalue weighted by molar-refractivity contribution is 0.437. The number of piperidine rings is 1. The summed E-state index contributed by atoms with van der Waals surface area (Å²) in [7, 11) is 0. The number of fused-ring (bicyclic) bond motifs is 1. The van der Waals surface area contributed by atoms with Crippen molar-refractivity contribution < 1.29 is 8.81 Å². The SMILES string of the molecule is CC1CCN(c2nc(-c3ccc(C#N)c(F)c3)c(Br)c3ocnc23)CC1. The van der Waals surface area contributed by atoms with E-state index in [1.807, 2.05) is 6.07 Å². The van der Waals surface area contributed by atoms with Crippen LogP contribution in [0, 0.1) is 23.1 Å². The van der Waals surface area contributed by atoms with Crippen molar-refractivity contribution in [3.8, 4) is 17.3 Å². The lowest BCUT2D eigenvalue weighted by atomic mass is 9.99. The van der Waals surface area contributed by atoms with Crippen LogP contribution >= 0.6 is 15.9 Å². The first-order valence-electron chi connectivity index (χ1n) is 8.46. The van der Waals surface area contributed by atoms with E-state index in [1.165, 1.54) is 18.5 Å². The molecule has 0 bridgehead atoms. The predicted molar refractivity (Wildman–Crippen MR) is 100 cm³/mol. The Morgan fingerprint density at radius 2 is 2.12 bits per heavy atom. The number of oxazole rings is 1. The van der Waals surface area contributed by atoms with Crippen LogP contribution in [0.4, 0.5) is 10.2 Å². The van der Waals surface area contributed by atoms with Crippen LogP contribution in [0.5, 0.6) is 0 Å². The molecule has 3 aromatic rings. The van der Waals surface area contributed by atoms with E-state index in [0.29, 0.717) is 32.7 Å². The molecule has 4 rings (SSSR count). The van der Waals surface area contributed by atoms with Gasteiger partial charge in [-0.15, -0.1) is 0 Å². The van der Waals surface area contributed by atoms with Gasteiger partial charge in [0.1, 0.15) is 11.9 Å². The second-order valence-electron chi connectivity index (χ2n) is 6.60. The maximum absolute atomic E-state index is 14.1. The highest BCUT2D eigenvalue weighted by Gasteiger charge is 2.24. The van der Waals surface area contributed by atoms with Gasteiger partial charge in [0.2, 0.25) is 0 Å². The van der Waals surface area contributed by atoms with Gasteiger partial charge in [-0.05, 0) is 46.8 Å². The van der Waals surface area contributed by atoms with Crippen molar-refractivity contribution in [3.05, 3.63) is 40.4 Å². The highest BCUT2D eigenvalue weighted by atomic mass is 79.9. The summed E-state index contributed by atoms with van der Waals surface area (Å²) >= 11 is 3.52. The van der Waals surface area contributed by atoms with Gasteiger partial charge in [-0.3, -0.25) is 0 Å². The van der Waals surface area contributed by atoms with Crippen molar-refractivity contribution in [1.82, 2.24) is 9.97 Å². The summed E-state index contributed by atoms with van der Waals surface area (Å²) in [6.07, 6.45) is 3.59. The van der Waals surface area contributed by atoms with Gasteiger partial charge in [0.15, 0.2) is 23.3 Å². The Hall–Kier alpha value is -2.46.